The smallest absolute Gasteiger partial charge is 0.265 e. The molecule has 5 aromatic rings. The number of carbonyl (C=O) groups excluding carboxylic acids is 1. The van der Waals surface area contributed by atoms with Crippen molar-refractivity contribution in [2.24, 2.45) is 0 Å². The minimum Gasteiger partial charge on any atom is -0.397 e. The van der Waals surface area contributed by atoms with Crippen LogP contribution in [0.1, 0.15) is 15.2 Å². The Bertz CT molecular complexity index is 1520. The fourth-order valence-electron chi connectivity index (χ4n) is 3.82. The molecule has 4 heterocycles. The molecule has 0 radical (unpaired) electrons. The van der Waals surface area contributed by atoms with Crippen LogP contribution in [0.4, 0.5) is 21.5 Å². The number of fused-ring (bicyclic) bond motifs is 1. The van der Waals surface area contributed by atoms with Crippen molar-refractivity contribution in [2.75, 3.05) is 43.7 Å². The molecule has 0 unspecified atom stereocenters. The van der Waals surface area contributed by atoms with Gasteiger partial charge in [0.1, 0.15) is 5.65 Å². The van der Waals surface area contributed by atoms with Gasteiger partial charge in [0.05, 0.1) is 44.6 Å². The maximum atomic E-state index is 12.6. The number of hydrogen-bond acceptors (Lipinski definition) is 9. The molecule has 0 fully saturated rings. The summed E-state index contributed by atoms with van der Waals surface area (Å²) in [4.78, 5) is 25.5. The average molecular weight is 534 g/mol. The van der Waals surface area contributed by atoms with Crippen LogP contribution < -0.4 is 16.4 Å². The van der Waals surface area contributed by atoms with Gasteiger partial charge < -0.3 is 21.1 Å². The number of rotatable bonds is 10. The first-order valence-electron chi connectivity index (χ1n) is 11.6. The summed E-state index contributed by atoms with van der Waals surface area (Å²) in [6.07, 6.45) is 5.83. The molecule has 1 amide bonds. The van der Waals surface area contributed by atoms with Crippen LogP contribution in [0.25, 0.3) is 16.2 Å². The zero-order chi connectivity index (χ0) is 25.8. The number of thiophene rings is 1. The first-order chi connectivity index (χ1) is 18.0. The van der Waals surface area contributed by atoms with E-state index in [1.807, 2.05) is 36.7 Å². The van der Waals surface area contributed by atoms with E-state index in [-0.39, 0.29) is 5.91 Å². The molecule has 190 valence electrons. The summed E-state index contributed by atoms with van der Waals surface area (Å²) in [6.45, 7) is 2.38. The maximum Gasteiger partial charge on any atom is 0.265 e. The summed E-state index contributed by atoms with van der Waals surface area (Å²) in [5.41, 5.74) is 10.1. The second kappa shape index (κ2) is 11.1. The first kappa shape index (κ1) is 24.9. The molecule has 1 aromatic carbocycles. The predicted octanol–water partition coefficient (Wildman–Crippen LogP) is 5.18. The standard InChI is InChI=1S/C26H27N7O2S2/c1-32(11-12-35-2)15-17-7-9-23-28-13-20(33(23)16-17)22-14-29-26(37-22)31-24-10-8-21(36-24)25(34)30-19-6-4-3-5-18(19)27/h3-10,13-14,16H,11-12,15,27H2,1-2H3,(H,29,31)(H,30,34). The van der Waals surface area contributed by atoms with Crippen LogP contribution in [0, 0.1) is 0 Å². The molecular formula is C26H27N7O2S2. The first-order valence-corrected chi connectivity index (χ1v) is 13.3. The predicted molar refractivity (Wildman–Crippen MR) is 151 cm³/mol. The number of thiazole rings is 1. The zero-order valence-corrected chi connectivity index (χ0v) is 22.1. The highest BCUT2D eigenvalue weighted by Gasteiger charge is 2.14. The van der Waals surface area contributed by atoms with E-state index in [0.717, 1.165) is 39.4 Å². The van der Waals surface area contributed by atoms with Gasteiger partial charge in [0.15, 0.2) is 5.13 Å². The number of methoxy groups -OCH3 is 1. The Kier molecular flexibility index (Phi) is 7.47. The lowest BCUT2D eigenvalue weighted by atomic mass is 10.2. The van der Waals surface area contributed by atoms with Gasteiger partial charge in [0, 0.05) is 32.6 Å². The SMILES string of the molecule is COCCN(C)Cc1ccc2ncc(-c3cnc(Nc4ccc(C(=O)Nc5ccccc5N)s4)s3)n2c1. The number of anilines is 4. The Balaban J connectivity index is 1.28. The second-order valence-electron chi connectivity index (χ2n) is 8.50. The van der Waals surface area contributed by atoms with E-state index in [9.17, 15) is 4.79 Å². The number of para-hydroxylation sites is 2. The van der Waals surface area contributed by atoms with Gasteiger partial charge in [-0.3, -0.25) is 14.1 Å². The van der Waals surface area contributed by atoms with Crippen LogP contribution in [-0.4, -0.2) is 52.5 Å². The molecule has 0 saturated carbocycles. The highest BCUT2D eigenvalue weighted by molar-refractivity contribution is 7.20. The van der Waals surface area contributed by atoms with Crippen molar-refractivity contribution >= 4 is 55.7 Å². The third-order valence-corrected chi connectivity index (χ3v) is 7.66. The van der Waals surface area contributed by atoms with Gasteiger partial charge in [-0.05, 0) is 42.9 Å². The minimum atomic E-state index is -0.204. The van der Waals surface area contributed by atoms with Crippen LogP contribution >= 0.6 is 22.7 Å². The summed E-state index contributed by atoms with van der Waals surface area (Å²) in [5.74, 6) is -0.204. The van der Waals surface area contributed by atoms with E-state index in [4.69, 9.17) is 10.5 Å². The number of nitrogens with one attached hydrogen (secondary N) is 2. The fourth-order valence-corrected chi connectivity index (χ4v) is 5.52. The molecule has 9 nitrogen and oxygen atoms in total. The summed E-state index contributed by atoms with van der Waals surface area (Å²) >= 11 is 2.89. The van der Waals surface area contributed by atoms with E-state index < -0.39 is 0 Å². The van der Waals surface area contributed by atoms with Crippen molar-refractivity contribution < 1.29 is 9.53 Å². The second-order valence-corrected chi connectivity index (χ2v) is 10.6. The number of pyridine rings is 1. The normalized spacial score (nSPS) is 11.3. The van der Waals surface area contributed by atoms with Gasteiger partial charge in [0.25, 0.3) is 5.91 Å². The van der Waals surface area contributed by atoms with E-state index >= 15 is 0 Å². The molecule has 0 saturated heterocycles. The molecule has 0 atom stereocenters. The number of aromatic nitrogens is 3. The molecular weight excluding hydrogens is 506 g/mol. The number of amides is 1. The van der Waals surface area contributed by atoms with E-state index in [2.05, 4.69) is 49.2 Å². The van der Waals surface area contributed by atoms with Crippen molar-refractivity contribution in [1.82, 2.24) is 19.3 Å². The largest absolute Gasteiger partial charge is 0.397 e. The number of hydrogen-bond donors (Lipinski definition) is 3. The molecule has 0 aliphatic heterocycles. The summed E-state index contributed by atoms with van der Waals surface area (Å²) in [5, 5.41) is 7.73. The quantitative estimate of drug-likeness (QED) is 0.212. The number of nitrogen functional groups attached to an aromatic ring is 1. The number of imidazole rings is 1. The van der Waals surface area contributed by atoms with Crippen molar-refractivity contribution in [3.8, 4) is 10.6 Å². The number of ether oxygens (including phenoxy) is 1. The van der Waals surface area contributed by atoms with Gasteiger partial charge in [-0.15, -0.1) is 11.3 Å². The number of likely N-dealkylation sites (N-methyl/N-ethyl adjacent to an activating group) is 1. The lowest BCUT2D eigenvalue weighted by Gasteiger charge is -2.16. The maximum absolute atomic E-state index is 12.6. The summed E-state index contributed by atoms with van der Waals surface area (Å²) in [6, 6.07) is 15.0. The van der Waals surface area contributed by atoms with Crippen molar-refractivity contribution in [3.63, 3.8) is 0 Å². The Morgan fingerprint density at radius 2 is 1.97 bits per heavy atom. The summed E-state index contributed by atoms with van der Waals surface area (Å²) < 4.78 is 7.28. The number of benzene rings is 1. The third-order valence-electron chi connectivity index (χ3n) is 5.72. The van der Waals surface area contributed by atoms with Crippen LogP contribution in [0.15, 0.2) is 67.1 Å². The van der Waals surface area contributed by atoms with Crippen LogP contribution in [0.2, 0.25) is 0 Å². The Morgan fingerprint density at radius 1 is 1.11 bits per heavy atom. The van der Waals surface area contributed by atoms with Crippen LogP contribution in [0.5, 0.6) is 0 Å². The highest BCUT2D eigenvalue weighted by atomic mass is 32.1. The lowest BCUT2D eigenvalue weighted by Crippen LogP contribution is -2.22. The molecule has 0 aliphatic rings. The van der Waals surface area contributed by atoms with E-state index in [0.29, 0.717) is 22.9 Å². The van der Waals surface area contributed by atoms with Gasteiger partial charge in [-0.2, -0.15) is 0 Å². The number of carbonyl (C=O) groups is 1. The molecule has 0 spiro atoms. The van der Waals surface area contributed by atoms with Crippen LogP contribution in [0.3, 0.4) is 0 Å². The van der Waals surface area contributed by atoms with Gasteiger partial charge >= 0.3 is 0 Å². The minimum absolute atomic E-state index is 0.204. The monoisotopic (exact) mass is 533 g/mol. The number of nitrogens with zero attached hydrogens (tertiary/aromatic N) is 4. The lowest BCUT2D eigenvalue weighted by molar-refractivity contribution is 0.103. The third kappa shape index (κ3) is 5.81. The Labute approximate surface area is 222 Å². The Hall–Kier alpha value is -3.77. The molecule has 0 bridgehead atoms. The van der Waals surface area contributed by atoms with Crippen molar-refractivity contribution in [3.05, 3.63) is 77.6 Å². The topological polar surface area (TPSA) is 110 Å². The van der Waals surface area contributed by atoms with Crippen LogP contribution in [-0.2, 0) is 11.3 Å². The zero-order valence-electron chi connectivity index (χ0n) is 20.5. The molecule has 0 aliphatic carbocycles. The molecule has 5 rings (SSSR count). The number of nitrogens with two attached hydrogens (primary N) is 1. The van der Waals surface area contributed by atoms with Gasteiger partial charge in [-0.1, -0.05) is 29.5 Å². The highest BCUT2D eigenvalue weighted by Crippen LogP contribution is 2.33. The van der Waals surface area contributed by atoms with E-state index in [1.165, 1.54) is 28.2 Å². The Morgan fingerprint density at radius 3 is 2.81 bits per heavy atom. The van der Waals surface area contributed by atoms with Gasteiger partial charge in [-0.25, -0.2) is 9.97 Å². The van der Waals surface area contributed by atoms with E-state index in [1.54, 1.807) is 25.3 Å². The summed E-state index contributed by atoms with van der Waals surface area (Å²) in [7, 11) is 3.79. The fraction of sp³-hybridized carbons (Fsp3) is 0.192. The average Bonchev–Trinajstić information content (AvgIpc) is 3.64. The van der Waals surface area contributed by atoms with Crippen molar-refractivity contribution in [1.29, 1.82) is 0 Å². The molecule has 4 N–H and O–H groups in total. The molecule has 37 heavy (non-hydrogen) atoms. The van der Waals surface area contributed by atoms with Gasteiger partial charge in [0.2, 0.25) is 0 Å². The molecule has 4 aromatic heterocycles. The van der Waals surface area contributed by atoms with Crippen molar-refractivity contribution in [2.45, 2.75) is 6.54 Å². The molecule has 11 heteroatoms.